The van der Waals surface area contributed by atoms with Crippen LogP contribution in [0.4, 0.5) is 0 Å². The Kier molecular flexibility index (Phi) is 6.77. The van der Waals surface area contributed by atoms with E-state index in [4.69, 9.17) is 18.9 Å². The second-order valence-corrected chi connectivity index (χ2v) is 6.85. The van der Waals surface area contributed by atoms with Gasteiger partial charge in [-0.2, -0.15) is 0 Å². The van der Waals surface area contributed by atoms with E-state index in [2.05, 4.69) is 31.2 Å². The van der Waals surface area contributed by atoms with Crippen molar-refractivity contribution in [1.29, 1.82) is 0 Å². The number of rotatable bonds is 6. The van der Waals surface area contributed by atoms with E-state index in [0.717, 1.165) is 11.1 Å². The fourth-order valence-electron chi connectivity index (χ4n) is 3.30. The van der Waals surface area contributed by atoms with Gasteiger partial charge < -0.3 is 23.8 Å². The first-order chi connectivity index (χ1) is 14.0. The predicted octanol–water partition coefficient (Wildman–Crippen LogP) is 3.63. The number of morpholine rings is 1. The molecule has 1 heterocycles. The molecule has 2 aromatic rings. The van der Waals surface area contributed by atoms with Gasteiger partial charge in [0.2, 0.25) is 11.7 Å². The Balaban J connectivity index is 1.72. The molecule has 1 amide bonds. The Morgan fingerprint density at radius 1 is 1.07 bits per heavy atom. The highest BCUT2D eigenvalue weighted by atomic mass is 16.5. The van der Waals surface area contributed by atoms with Crippen molar-refractivity contribution < 1.29 is 23.7 Å². The average Bonchev–Trinajstić information content (AvgIpc) is 2.77. The minimum absolute atomic E-state index is 0.0563. The van der Waals surface area contributed by atoms with Crippen molar-refractivity contribution in [2.45, 2.75) is 13.0 Å². The summed E-state index contributed by atoms with van der Waals surface area (Å²) in [4.78, 5) is 14.5. The number of amides is 1. The van der Waals surface area contributed by atoms with E-state index in [1.807, 2.05) is 4.90 Å². The van der Waals surface area contributed by atoms with Crippen molar-refractivity contribution in [3.63, 3.8) is 0 Å². The van der Waals surface area contributed by atoms with Crippen molar-refractivity contribution in [3.05, 3.63) is 59.2 Å². The van der Waals surface area contributed by atoms with Crippen molar-refractivity contribution >= 4 is 12.0 Å². The third kappa shape index (κ3) is 4.90. The molecule has 1 aliphatic rings. The zero-order valence-electron chi connectivity index (χ0n) is 17.3. The van der Waals surface area contributed by atoms with Gasteiger partial charge in [0.25, 0.3) is 0 Å². The van der Waals surface area contributed by atoms with Crippen LogP contribution in [0.5, 0.6) is 17.2 Å². The molecule has 0 bridgehead atoms. The molecule has 0 saturated carbocycles. The van der Waals surface area contributed by atoms with Crippen LogP contribution >= 0.6 is 0 Å². The molecule has 0 spiro atoms. The van der Waals surface area contributed by atoms with Crippen LogP contribution in [-0.4, -0.2) is 51.8 Å². The molecule has 3 rings (SSSR count). The Bertz CT molecular complexity index is 850. The van der Waals surface area contributed by atoms with E-state index >= 15 is 0 Å². The van der Waals surface area contributed by atoms with Gasteiger partial charge in [-0.1, -0.05) is 29.8 Å². The summed E-state index contributed by atoms with van der Waals surface area (Å²) in [7, 11) is 4.69. The summed E-state index contributed by atoms with van der Waals surface area (Å²) in [5.74, 6) is 1.56. The highest BCUT2D eigenvalue weighted by Gasteiger charge is 2.24. The molecule has 1 unspecified atom stereocenters. The van der Waals surface area contributed by atoms with Crippen LogP contribution in [0.1, 0.15) is 22.8 Å². The molecular weight excluding hydrogens is 370 g/mol. The first kappa shape index (κ1) is 20.7. The number of ether oxygens (including phenoxy) is 4. The van der Waals surface area contributed by atoms with Crippen molar-refractivity contribution in [1.82, 2.24) is 4.90 Å². The molecule has 6 nitrogen and oxygen atoms in total. The fourth-order valence-corrected chi connectivity index (χ4v) is 3.30. The van der Waals surface area contributed by atoms with E-state index < -0.39 is 0 Å². The van der Waals surface area contributed by atoms with E-state index in [-0.39, 0.29) is 12.0 Å². The van der Waals surface area contributed by atoms with Crippen LogP contribution in [0.3, 0.4) is 0 Å². The van der Waals surface area contributed by atoms with E-state index in [9.17, 15) is 4.79 Å². The predicted molar refractivity (Wildman–Crippen MR) is 112 cm³/mol. The number of carbonyl (C=O) groups excluding carboxylic acids is 1. The van der Waals surface area contributed by atoms with Crippen LogP contribution in [0, 0.1) is 6.92 Å². The van der Waals surface area contributed by atoms with Crippen LogP contribution in [-0.2, 0) is 9.53 Å². The van der Waals surface area contributed by atoms with E-state index in [0.29, 0.717) is 36.9 Å². The zero-order chi connectivity index (χ0) is 20.8. The van der Waals surface area contributed by atoms with Gasteiger partial charge in [-0.05, 0) is 36.3 Å². The first-order valence-corrected chi connectivity index (χ1v) is 9.51. The highest BCUT2D eigenvalue weighted by Crippen LogP contribution is 2.38. The molecule has 0 radical (unpaired) electrons. The summed E-state index contributed by atoms with van der Waals surface area (Å²) in [5.41, 5.74) is 3.07. The summed E-state index contributed by atoms with van der Waals surface area (Å²) >= 11 is 0. The Hall–Kier alpha value is -2.99. The first-order valence-electron chi connectivity index (χ1n) is 9.51. The number of aryl methyl sites for hydroxylation is 1. The molecule has 0 aromatic heterocycles. The number of hydrogen-bond acceptors (Lipinski definition) is 5. The van der Waals surface area contributed by atoms with Gasteiger partial charge in [-0.3, -0.25) is 4.79 Å². The molecule has 1 atom stereocenters. The van der Waals surface area contributed by atoms with E-state index in [1.165, 1.54) is 5.56 Å². The highest BCUT2D eigenvalue weighted by molar-refractivity contribution is 5.92. The van der Waals surface area contributed by atoms with Gasteiger partial charge in [-0.15, -0.1) is 0 Å². The normalized spacial score (nSPS) is 16.7. The van der Waals surface area contributed by atoms with Crippen molar-refractivity contribution in [3.8, 4) is 17.2 Å². The van der Waals surface area contributed by atoms with Gasteiger partial charge in [0.15, 0.2) is 11.5 Å². The van der Waals surface area contributed by atoms with Gasteiger partial charge in [-0.25, -0.2) is 0 Å². The lowest BCUT2D eigenvalue weighted by Crippen LogP contribution is -2.41. The number of carbonyl (C=O) groups is 1. The lowest BCUT2D eigenvalue weighted by atomic mass is 10.1. The molecule has 29 heavy (non-hydrogen) atoms. The number of benzene rings is 2. The SMILES string of the molecule is COc1cc(/C=C/C(=O)N2CCOC(c3ccc(C)cc3)C2)cc(OC)c1OC. The van der Waals surface area contributed by atoms with Gasteiger partial charge in [0.1, 0.15) is 6.10 Å². The Morgan fingerprint density at radius 3 is 2.31 bits per heavy atom. The van der Waals surface area contributed by atoms with E-state index in [1.54, 1.807) is 45.6 Å². The van der Waals surface area contributed by atoms with Crippen LogP contribution in [0.15, 0.2) is 42.5 Å². The molecule has 6 heteroatoms. The number of methoxy groups -OCH3 is 3. The largest absolute Gasteiger partial charge is 0.493 e. The summed E-state index contributed by atoms with van der Waals surface area (Å²) in [6.07, 6.45) is 3.21. The minimum Gasteiger partial charge on any atom is -0.493 e. The second kappa shape index (κ2) is 9.47. The molecule has 154 valence electrons. The zero-order valence-corrected chi connectivity index (χ0v) is 17.3. The molecular formula is C23H27NO5. The van der Waals surface area contributed by atoms with Crippen molar-refractivity contribution in [2.75, 3.05) is 41.0 Å². The van der Waals surface area contributed by atoms with Crippen LogP contribution in [0.25, 0.3) is 6.08 Å². The van der Waals surface area contributed by atoms with Crippen molar-refractivity contribution in [2.24, 2.45) is 0 Å². The third-order valence-electron chi connectivity index (χ3n) is 4.93. The lowest BCUT2D eigenvalue weighted by molar-refractivity contribution is -0.133. The summed E-state index contributed by atoms with van der Waals surface area (Å²) in [5, 5.41) is 0. The quantitative estimate of drug-likeness (QED) is 0.697. The maximum absolute atomic E-state index is 12.7. The Morgan fingerprint density at radius 2 is 1.72 bits per heavy atom. The smallest absolute Gasteiger partial charge is 0.246 e. The summed E-state index contributed by atoms with van der Waals surface area (Å²) in [6, 6.07) is 11.8. The van der Waals surface area contributed by atoms with Gasteiger partial charge in [0, 0.05) is 12.6 Å². The fraction of sp³-hybridized carbons (Fsp3) is 0.348. The standard InChI is InChI=1S/C23H27NO5/c1-16-5-8-18(9-6-16)21-15-24(11-12-29-21)22(25)10-7-17-13-19(26-2)23(28-4)20(14-17)27-3/h5-10,13-14,21H,11-12,15H2,1-4H3/b10-7+. The summed E-state index contributed by atoms with van der Waals surface area (Å²) < 4.78 is 21.9. The molecule has 0 N–H and O–H groups in total. The molecule has 1 fully saturated rings. The monoisotopic (exact) mass is 397 g/mol. The maximum atomic E-state index is 12.7. The van der Waals surface area contributed by atoms with Crippen LogP contribution < -0.4 is 14.2 Å². The number of nitrogens with zero attached hydrogens (tertiary/aromatic N) is 1. The molecule has 0 aliphatic carbocycles. The van der Waals surface area contributed by atoms with Crippen LogP contribution in [0.2, 0.25) is 0 Å². The average molecular weight is 397 g/mol. The van der Waals surface area contributed by atoms with Gasteiger partial charge >= 0.3 is 0 Å². The summed E-state index contributed by atoms with van der Waals surface area (Å²) in [6.45, 7) is 3.67. The van der Waals surface area contributed by atoms with Gasteiger partial charge in [0.05, 0.1) is 34.5 Å². The maximum Gasteiger partial charge on any atom is 0.246 e. The lowest BCUT2D eigenvalue weighted by Gasteiger charge is -2.32. The Labute approximate surface area is 171 Å². The number of hydrogen-bond donors (Lipinski definition) is 0. The third-order valence-corrected chi connectivity index (χ3v) is 4.93. The minimum atomic E-state index is -0.108. The molecule has 1 aliphatic heterocycles. The molecule has 1 saturated heterocycles. The second-order valence-electron chi connectivity index (χ2n) is 6.85. The molecule has 2 aromatic carbocycles. The topological polar surface area (TPSA) is 57.2 Å².